The molecule has 16 heavy (non-hydrogen) atoms. The normalized spacial score (nSPS) is 17.4. The summed E-state index contributed by atoms with van der Waals surface area (Å²) in [6, 6.07) is 4.19. The van der Waals surface area contributed by atoms with Crippen molar-refractivity contribution in [3.8, 4) is 6.07 Å². The number of anilines is 1. The molecule has 0 aliphatic heterocycles. The van der Waals surface area contributed by atoms with E-state index in [9.17, 15) is 0 Å². The van der Waals surface area contributed by atoms with E-state index in [-0.39, 0.29) is 5.41 Å². The van der Waals surface area contributed by atoms with Gasteiger partial charge in [-0.25, -0.2) is 4.98 Å². The fraction of sp³-hybridized carbons (Fsp3) is 0.538. The molecule has 84 valence electrons. The minimum Gasteiger partial charge on any atom is -0.372 e. The molecule has 0 saturated heterocycles. The van der Waals surface area contributed by atoms with Crippen molar-refractivity contribution in [3.63, 3.8) is 0 Å². The Morgan fingerprint density at radius 1 is 1.50 bits per heavy atom. The second-order valence-electron chi connectivity index (χ2n) is 4.99. The number of fused-ring (bicyclic) bond motifs is 1. The highest BCUT2D eigenvalue weighted by atomic mass is 15.0. The minimum atomic E-state index is 0.132. The van der Waals surface area contributed by atoms with Crippen molar-refractivity contribution in [1.82, 2.24) is 4.98 Å². The monoisotopic (exact) mass is 215 g/mol. The maximum absolute atomic E-state index is 9.05. The summed E-state index contributed by atoms with van der Waals surface area (Å²) >= 11 is 0. The Labute approximate surface area is 96.5 Å². The average molecular weight is 215 g/mol. The summed E-state index contributed by atoms with van der Waals surface area (Å²) < 4.78 is 0. The first-order valence-corrected chi connectivity index (χ1v) is 5.71. The predicted molar refractivity (Wildman–Crippen MR) is 64.5 cm³/mol. The highest BCUT2D eigenvalue weighted by Crippen LogP contribution is 2.36. The molecule has 1 N–H and O–H groups in total. The molecule has 0 radical (unpaired) electrons. The van der Waals surface area contributed by atoms with Gasteiger partial charge < -0.3 is 5.32 Å². The van der Waals surface area contributed by atoms with Gasteiger partial charge in [-0.3, -0.25) is 0 Å². The van der Waals surface area contributed by atoms with E-state index in [4.69, 9.17) is 5.26 Å². The van der Waals surface area contributed by atoms with Crippen LogP contribution >= 0.6 is 0 Å². The van der Waals surface area contributed by atoms with Crippen molar-refractivity contribution in [2.24, 2.45) is 0 Å². The lowest BCUT2D eigenvalue weighted by atomic mass is 9.75. The zero-order valence-electron chi connectivity index (χ0n) is 10.1. The van der Waals surface area contributed by atoms with E-state index in [1.165, 1.54) is 18.4 Å². The SMILES string of the molecule is CNc1nc2c(cc1C#N)CCCC2(C)C. The molecule has 1 aliphatic carbocycles. The lowest BCUT2D eigenvalue weighted by Crippen LogP contribution is -2.26. The van der Waals surface area contributed by atoms with Crippen LogP contribution < -0.4 is 5.32 Å². The van der Waals surface area contributed by atoms with Crippen molar-refractivity contribution in [3.05, 3.63) is 22.9 Å². The molecule has 0 amide bonds. The summed E-state index contributed by atoms with van der Waals surface area (Å²) in [5, 5.41) is 12.1. The van der Waals surface area contributed by atoms with Gasteiger partial charge in [-0.2, -0.15) is 5.26 Å². The second-order valence-corrected chi connectivity index (χ2v) is 4.99. The summed E-state index contributed by atoms with van der Waals surface area (Å²) in [6.07, 6.45) is 3.40. The third-order valence-corrected chi connectivity index (χ3v) is 3.35. The molecule has 2 rings (SSSR count). The zero-order valence-corrected chi connectivity index (χ0v) is 10.1. The van der Waals surface area contributed by atoms with Crippen LogP contribution in [0, 0.1) is 11.3 Å². The van der Waals surface area contributed by atoms with Crippen LogP contribution in [0.3, 0.4) is 0 Å². The molecule has 3 nitrogen and oxygen atoms in total. The van der Waals surface area contributed by atoms with Crippen LogP contribution in [-0.2, 0) is 11.8 Å². The highest BCUT2D eigenvalue weighted by Gasteiger charge is 2.29. The Balaban J connectivity index is 2.61. The van der Waals surface area contributed by atoms with E-state index in [1.54, 1.807) is 0 Å². The number of nitrogens with one attached hydrogen (secondary N) is 1. The van der Waals surface area contributed by atoms with E-state index in [2.05, 4.69) is 30.2 Å². The lowest BCUT2D eigenvalue weighted by molar-refractivity contribution is 0.418. The first kappa shape index (κ1) is 10.9. The van der Waals surface area contributed by atoms with Crippen LogP contribution in [0.25, 0.3) is 0 Å². The van der Waals surface area contributed by atoms with Crippen molar-refractivity contribution in [2.45, 2.75) is 38.5 Å². The standard InChI is InChI=1S/C13H17N3/c1-13(2)6-4-5-9-7-10(8-14)12(15-3)16-11(9)13/h7H,4-6H2,1-3H3,(H,15,16). The van der Waals surface area contributed by atoms with Gasteiger partial charge in [0.15, 0.2) is 0 Å². The quantitative estimate of drug-likeness (QED) is 0.783. The van der Waals surface area contributed by atoms with Crippen LogP contribution in [-0.4, -0.2) is 12.0 Å². The molecule has 0 fully saturated rings. The summed E-state index contributed by atoms with van der Waals surface area (Å²) in [6.45, 7) is 4.45. The van der Waals surface area contributed by atoms with E-state index in [1.807, 2.05) is 13.1 Å². The van der Waals surface area contributed by atoms with Crippen molar-refractivity contribution in [1.29, 1.82) is 5.26 Å². The largest absolute Gasteiger partial charge is 0.372 e. The van der Waals surface area contributed by atoms with Gasteiger partial charge in [-0.15, -0.1) is 0 Å². The molecule has 1 aromatic heterocycles. The Morgan fingerprint density at radius 2 is 2.25 bits per heavy atom. The maximum atomic E-state index is 9.05. The molecular formula is C13H17N3. The van der Waals surface area contributed by atoms with E-state index in [0.717, 1.165) is 12.1 Å². The van der Waals surface area contributed by atoms with Gasteiger partial charge in [0.1, 0.15) is 11.9 Å². The van der Waals surface area contributed by atoms with E-state index >= 15 is 0 Å². The summed E-state index contributed by atoms with van der Waals surface area (Å²) in [7, 11) is 1.81. The fourth-order valence-corrected chi connectivity index (χ4v) is 2.45. The van der Waals surface area contributed by atoms with Crippen molar-refractivity contribution < 1.29 is 0 Å². The molecule has 0 aromatic carbocycles. The van der Waals surface area contributed by atoms with E-state index in [0.29, 0.717) is 11.4 Å². The van der Waals surface area contributed by atoms with Crippen LogP contribution in [0.2, 0.25) is 0 Å². The van der Waals surface area contributed by atoms with Crippen LogP contribution in [0.5, 0.6) is 0 Å². The molecule has 0 unspecified atom stereocenters. The minimum absolute atomic E-state index is 0.132. The number of hydrogen-bond donors (Lipinski definition) is 1. The first-order chi connectivity index (χ1) is 7.58. The molecule has 3 heteroatoms. The number of nitrogens with zero attached hydrogens (tertiary/aromatic N) is 2. The van der Waals surface area contributed by atoms with Crippen LogP contribution in [0.1, 0.15) is 43.5 Å². The van der Waals surface area contributed by atoms with Gasteiger partial charge in [0.2, 0.25) is 0 Å². The van der Waals surface area contributed by atoms with Gasteiger partial charge in [0.05, 0.1) is 11.3 Å². The third kappa shape index (κ3) is 1.65. The Morgan fingerprint density at radius 3 is 2.88 bits per heavy atom. The molecule has 1 aromatic rings. The van der Waals surface area contributed by atoms with Crippen molar-refractivity contribution in [2.75, 3.05) is 12.4 Å². The molecule has 1 heterocycles. The lowest BCUT2D eigenvalue weighted by Gasteiger charge is -2.31. The Hall–Kier alpha value is -1.56. The maximum Gasteiger partial charge on any atom is 0.144 e. The average Bonchev–Trinajstić information content (AvgIpc) is 2.27. The van der Waals surface area contributed by atoms with Crippen LogP contribution in [0.15, 0.2) is 6.07 Å². The summed E-state index contributed by atoms with van der Waals surface area (Å²) in [5.41, 5.74) is 3.18. The van der Waals surface area contributed by atoms with Gasteiger partial charge in [0, 0.05) is 12.5 Å². The molecule has 0 spiro atoms. The Bertz CT molecular complexity index is 455. The zero-order chi connectivity index (χ0) is 11.8. The molecular weight excluding hydrogens is 198 g/mol. The highest BCUT2D eigenvalue weighted by molar-refractivity contribution is 5.55. The summed E-state index contributed by atoms with van der Waals surface area (Å²) in [5.74, 6) is 0.705. The topological polar surface area (TPSA) is 48.7 Å². The van der Waals surface area contributed by atoms with Crippen LogP contribution in [0.4, 0.5) is 5.82 Å². The first-order valence-electron chi connectivity index (χ1n) is 5.71. The summed E-state index contributed by atoms with van der Waals surface area (Å²) in [4.78, 5) is 4.62. The number of aryl methyl sites for hydroxylation is 1. The Kier molecular flexibility index (Phi) is 2.59. The fourth-order valence-electron chi connectivity index (χ4n) is 2.45. The predicted octanol–water partition coefficient (Wildman–Crippen LogP) is 2.61. The van der Waals surface area contributed by atoms with Gasteiger partial charge in [0.25, 0.3) is 0 Å². The number of aromatic nitrogens is 1. The van der Waals surface area contributed by atoms with Gasteiger partial charge in [-0.05, 0) is 30.9 Å². The van der Waals surface area contributed by atoms with Crippen molar-refractivity contribution >= 4 is 5.82 Å². The number of nitriles is 1. The number of rotatable bonds is 1. The van der Waals surface area contributed by atoms with Gasteiger partial charge in [-0.1, -0.05) is 13.8 Å². The number of hydrogen-bond acceptors (Lipinski definition) is 3. The molecule has 1 aliphatic rings. The smallest absolute Gasteiger partial charge is 0.144 e. The number of pyridine rings is 1. The van der Waals surface area contributed by atoms with Gasteiger partial charge >= 0.3 is 0 Å². The second kappa shape index (κ2) is 3.79. The molecule has 0 atom stereocenters. The third-order valence-electron chi connectivity index (χ3n) is 3.35. The molecule has 0 bridgehead atoms. The molecule has 0 saturated carbocycles. The van der Waals surface area contributed by atoms with E-state index < -0.39 is 0 Å².